The van der Waals surface area contributed by atoms with Crippen molar-refractivity contribution < 1.29 is 23.7 Å². The minimum Gasteiger partial charge on any atom is -0.493 e. The van der Waals surface area contributed by atoms with E-state index in [1.807, 2.05) is 0 Å². The number of esters is 1. The van der Waals surface area contributed by atoms with Gasteiger partial charge in [-0.25, -0.2) is 4.79 Å². The monoisotopic (exact) mass is 306 g/mol. The Bertz CT molecular complexity index is 515. The molecule has 1 aliphatic rings. The number of cyclic esters (lactones) is 1. The highest BCUT2D eigenvalue weighted by Crippen LogP contribution is 2.50. The molecule has 1 heterocycles. The molecule has 1 aromatic carbocycles. The topological polar surface area (TPSA) is 54.0 Å². The highest BCUT2D eigenvalue weighted by molar-refractivity contribution is 6.44. The lowest BCUT2D eigenvalue weighted by atomic mass is 10.0. The van der Waals surface area contributed by atoms with Gasteiger partial charge in [0.05, 0.1) is 32.5 Å². The fourth-order valence-electron chi connectivity index (χ4n) is 2.04. The average molecular weight is 307 g/mol. The van der Waals surface area contributed by atoms with Gasteiger partial charge in [-0.15, -0.1) is 23.2 Å². The molecule has 0 fully saturated rings. The van der Waals surface area contributed by atoms with E-state index in [4.69, 9.17) is 42.1 Å². The Balaban J connectivity index is 2.72. The molecule has 0 saturated heterocycles. The van der Waals surface area contributed by atoms with Gasteiger partial charge in [-0.05, 0) is 6.07 Å². The van der Waals surface area contributed by atoms with E-state index in [1.54, 1.807) is 0 Å². The van der Waals surface area contributed by atoms with Crippen molar-refractivity contribution in [3.05, 3.63) is 17.2 Å². The van der Waals surface area contributed by atoms with E-state index in [2.05, 4.69) is 0 Å². The second-order valence-corrected chi connectivity index (χ2v) is 4.93. The van der Waals surface area contributed by atoms with Gasteiger partial charge in [0, 0.05) is 0 Å². The molecule has 0 bridgehead atoms. The molecule has 104 valence electrons. The Hall–Kier alpha value is -1.33. The van der Waals surface area contributed by atoms with Crippen LogP contribution in [0.1, 0.15) is 22.0 Å². The van der Waals surface area contributed by atoms with Crippen molar-refractivity contribution in [2.45, 2.75) is 10.9 Å². The molecule has 0 radical (unpaired) electrons. The first kappa shape index (κ1) is 14.1. The largest absolute Gasteiger partial charge is 0.493 e. The Morgan fingerprint density at radius 2 is 1.79 bits per heavy atom. The molecule has 0 spiro atoms. The van der Waals surface area contributed by atoms with Crippen LogP contribution in [0.15, 0.2) is 6.07 Å². The number of fused-ring (bicyclic) bond motifs is 1. The second kappa shape index (κ2) is 5.35. The smallest absolute Gasteiger partial charge is 0.339 e. The van der Waals surface area contributed by atoms with Gasteiger partial charge in [0.15, 0.2) is 17.6 Å². The van der Waals surface area contributed by atoms with Crippen LogP contribution in [-0.2, 0) is 4.74 Å². The number of alkyl halides is 2. The van der Waals surface area contributed by atoms with Crippen molar-refractivity contribution >= 4 is 29.2 Å². The summed E-state index contributed by atoms with van der Waals surface area (Å²) in [7, 11) is 4.39. The quantitative estimate of drug-likeness (QED) is 0.632. The van der Waals surface area contributed by atoms with Crippen molar-refractivity contribution in [2.24, 2.45) is 0 Å². The number of halogens is 2. The SMILES string of the molecule is COc1cc2c(c(OC)c1OC)C(C(Cl)Cl)OC2=O. The number of hydrogen-bond acceptors (Lipinski definition) is 5. The first-order valence-corrected chi connectivity index (χ1v) is 6.24. The Labute approximate surface area is 120 Å². The van der Waals surface area contributed by atoms with Gasteiger partial charge < -0.3 is 18.9 Å². The molecule has 0 N–H and O–H groups in total. The predicted molar refractivity (Wildman–Crippen MR) is 69.7 cm³/mol. The zero-order valence-electron chi connectivity index (χ0n) is 10.5. The molecule has 1 aliphatic heterocycles. The van der Waals surface area contributed by atoms with Crippen molar-refractivity contribution in [1.29, 1.82) is 0 Å². The summed E-state index contributed by atoms with van der Waals surface area (Å²) in [6.45, 7) is 0. The van der Waals surface area contributed by atoms with Crippen molar-refractivity contribution in [3.63, 3.8) is 0 Å². The number of carbonyl (C=O) groups is 1. The Kier molecular flexibility index (Phi) is 3.96. The summed E-state index contributed by atoms with van der Waals surface area (Å²) in [4.78, 5) is 10.9. The van der Waals surface area contributed by atoms with E-state index < -0.39 is 16.9 Å². The number of benzene rings is 1. The van der Waals surface area contributed by atoms with Crippen LogP contribution in [0.4, 0.5) is 0 Å². The standard InChI is InChI=1S/C12H12Cl2O5/c1-16-6-4-5-7(9(18-3)8(6)17-2)10(11(13)14)19-12(5)15/h4,10-11H,1-3H3. The number of ether oxygens (including phenoxy) is 4. The van der Waals surface area contributed by atoms with E-state index in [0.29, 0.717) is 28.4 Å². The summed E-state index contributed by atoms with van der Waals surface area (Å²) < 4.78 is 20.8. The Morgan fingerprint density at radius 3 is 2.26 bits per heavy atom. The highest BCUT2D eigenvalue weighted by atomic mass is 35.5. The van der Waals surface area contributed by atoms with Crippen molar-refractivity contribution in [1.82, 2.24) is 0 Å². The predicted octanol–water partition coefficient (Wildman–Crippen LogP) is 2.73. The van der Waals surface area contributed by atoms with Gasteiger partial charge in [0.1, 0.15) is 4.84 Å². The molecule has 7 heteroatoms. The maximum atomic E-state index is 11.8. The zero-order chi connectivity index (χ0) is 14.2. The molecule has 0 aliphatic carbocycles. The lowest BCUT2D eigenvalue weighted by Crippen LogP contribution is -2.08. The average Bonchev–Trinajstić information content (AvgIpc) is 2.73. The van der Waals surface area contributed by atoms with E-state index in [9.17, 15) is 4.79 Å². The van der Waals surface area contributed by atoms with Crippen LogP contribution in [0.2, 0.25) is 0 Å². The molecular formula is C12H12Cl2O5. The molecule has 1 aromatic rings. The normalized spacial score (nSPS) is 17.2. The van der Waals surface area contributed by atoms with Crippen LogP contribution in [0, 0.1) is 0 Å². The van der Waals surface area contributed by atoms with Crippen molar-refractivity contribution in [3.8, 4) is 17.2 Å². The van der Waals surface area contributed by atoms with Gasteiger partial charge in [-0.3, -0.25) is 0 Å². The number of carbonyl (C=O) groups excluding carboxylic acids is 1. The number of rotatable bonds is 4. The molecule has 0 aromatic heterocycles. The molecule has 1 unspecified atom stereocenters. The minimum atomic E-state index is -0.905. The van der Waals surface area contributed by atoms with Crippen molar-refractivity contribution in [2.75, 3.05) is 21.3 Å². The third-order valence-corrected chi connectivity index (χ3v) is 3.29. The van der Waals surface area contributed by atoms with Gasteiger partial charge in [-0.2, -0.15) is 0 Å². The van der Waals surface area contributed by atoms with E-state index in [1.165, 1.54) is 27.4 Å². The summed E-state index contributed by atoms with van der Waals surface area (Å²) in [6, 6.07) is 1.52. The van der Waals surface area contributed by atoms with E-state index >= 15 is 0 Å². The first-order valence-electron chi connectivity index (χ1n) is 5.37. The highest BCUT2D eigenvalue weighted by Gasteiger charge is 2.40. The lowest BCUT2D eigenvalue weighted by Gasteiger charge is -2.18. The van der Waals surface area contributed by atoms with E-state index in [0.717, 1.165) is 0 Å². The van der Waals surface area contributed by atoms with Crippen LogP contribution in [0.25, 0.3) is 0 Å². The zero-order valence-corrected chi connectivity index (χ0v) is 12.0. The molecule has 19 heavy (non-hydrogen) atoms. The summed E-state index contributed by atoms with van der Waals surface area (Å²) in [6.07, 6.45) is -0.791. The van der Waals surface area contributed by atoms with E-state index in [-0.39, 0.29) is 0 Å². The van der Waals surface area contributed by atoms with Gasteiger partial charge in [0.25, 0.3) is 0 Å². The third-order valence-electron chi connectivity index (χ3n) is 2.84. The van der Waals surface area contributed by atoms with Crippen LogP contribution in [-0.4, -0.2) is 32.1 Å². The molecule has 2 rings (SSSR count). The molecular weight excluding hydrogens is 295 g/mol. The molecule has 0 saturated carbocycles. The molecule has 1 atom stereocenters. The van der Waals surface area contributed by atoms with Crippen LogP contribution in [0.5, 0.6) is 17.2 Å². The lowest BCUT2D eigenvalue weighted by molar-refractivity contribution is 0.0409. The summed E-state index contributed by atoms with van der Waals surface area (Å²) >= 11 is 11.7. The maximum absolute atomic E-state index is 11.8. The minimum absolute atomic E-state index is 0.311. The summed E-state index contributed by atoms with van der Waals surface area (Å²) in [5.41, 5.74) is 0.783. The van der Waals surface area contributed by atoms with Gasteiger partial charge in [-0.1, -0.05) is 0 Å². The number of hydrogen-bond donors (Lipinski definition) is 0. The molecule has 5 nitrogen and oxygen atoms in total. The summed E-state index contributed by atoms with van der Waals surface area (Å²) in [5, 5.41) is 0. The van der Waals surface area contributed by atoms with Crippen LogP contribution >= 0.6 is 23.2 Å². The first-order chi connectivity index (χ1) is 9.04. The van der Waals surface area contributed by atoms with Gasteiger partial charge >= 0.3 is 5.97 Å². The Morgan fingerprint density at radius 1 is 1.16 bits per heavy atom. The fourth-order valence-corrected chi connectivity index (χ4v) is 2.40. The van der Waals surface area contributed by atoms with Gasteiger partial charge in [0.2, 0.25) is 5.75 Å². The fraction of sp³-hybridized carbons (Fsp3) is 0.417. The van der Waals surface area contributed by atoms with Crippen LogP contribution < -0.4 is 14.2 Å². The maximum Gasteiger partial charge on any atom is 0.339 e. The molecule has 0 amide bonds. The van der Waals surface area contributed by atoms with Crippen LogP contribution in [0.3, 0.4) is 0 Å². The summed E-state index contributed by atoms with van der Waals surface area (Å²) in [5.74, 6) is 0.544. The number of methoxy groups -OCH3 is 3. The third kappa shape index (κ3) is 2.17. The second-order valence-electron chi connectivity index (χ2n) is 3.77.